The number of halogens is 2. The van der Waals surface area contributed by atoms with E-state index in [9.17, 15) is 14.9 Å². The zero-order valence-electron chi connectivity index (χ0n) is 8.76. The summed E-state index contributed by atoms with van der Waals surface area (Å²) in [5.41, 5.74) is 0.462. The Hall–Kier alpha value is -1.33. The van der Waals surface area contributed by atoms with Gasteiger partial charge in [-0.05, 0) is 17.7 Å². The van der Waals surface area contributed by atoms with Crippen molar-refractivity contribution in [3.8, 4) is 0 Å². The SMILES string of the molecule is CC(c1ccc(Cl)c(Cl)c1)C(C(=O)O)[N+](=O)[O-]. The summed E-state index contributed by atoms with van der Waals surface area (Å²) in [7, 11) is 0. The quantitative estimate of drug-likeness (QED) is 0.678. The van der Waals surface area contributed by atoms with Gasteiger partial charge in [-0.15, -0.1) is 0 Å². The van der Waals surface area contributed by atoms with Crippen molar-refractivity contribution in [3.05, 3.63) is 43.9 Å². The molecule has 2 unspecified atom stereocenters. The first-order chi connectivity index (χ1) is 7.84. The topological polar surface area (TPSA) is 80.4 Å². The van der Waals surface area contributed by atoms with Crippen molar-refractivity contribution in [1.29, 1.82) is 0 Å². The summed E-state index contributed by atoms with van der Waals surface area (Å²) in [5.74, 6) is -2.27. The third-order valence-electron chi connectivity index (χ3n) is 2.42. The molecule has 0 spiro atoms. The lowest BCUT2D eigenvalue weighted by Crippen LogP contribution is -2.34. The molecule has 1 N–H and O–H groups in total. The minimum atomic E-state index is -1.70. The predicted octanol–water partition coefficient (Wildman–Crippen LogP) is 2.83. The predicted molar refractivity (Wildman–Crippen MR) is 63.3 cm³/mol. The van der Waals surface area contributed by atoms with E-state index in [-0.39, 0.29) is 5.02 Å². The number of carboxylic acid groups (broad SMARTS) is 1. The molecule has 0 heterocycles. The summed E-state index contributed by atoms with van der Waals surface area (Å²) in [6.45, 7) is 1.46. The summed E-state index contributed by atoms with van der Waals surface area (Å²) in [6.07, 6.45) is 0. The minimum Gasteiger partial charge on any atom is -0.476 e. The summed E-state index contributed by atoms with van der Waals surface area (Å²) in [6, 6.07) is 2.74. The second-order valence-electron chi connectivity index (χ2n) is 3.53. The van der Waals surface area contributed by atoms with Gasteiger partial charge in [0.25, 0.3) is 0 Å². The van der Waals surface area contributed by atoms with Crippen LogP contribution in [-0.2, 0) is 4.79 Å². The molecule has 0 aliphatic heterocycles. The summed E-state index contributed by atoms with van der Waals surface area (Å²) >= 11 is 11.5. The average molecular weight is 278 g/mol. The molecule has 0 aliphatic rings. The first-order valence-corrected chi connectivity index (χ1v) is 5.41. The van der Waals surface area contributed by atoms with Gasteiger partial charge in [0.05, 0.1) is 16.0 Å². The summed E-state index contributed by atoms with van der Waals surface area (Å²) < 4.78 is 0. The van der Waals surface area contributed by atoms with Crippen LogP contribution in [0.5, 0.6) is 0 Å². The lowest BCUT2D eigenvalue weighted by atomic mass is 9.94. The zero-order chi connectivity index (χ0) is 13.2. The van der Waals surface area contributed by atoms with E-state index in [0.717, 1.165) is 0 Å². The Morgan fingerprint density at radius 3 is 2.41 bits per heavy atom. The Bertz CT molecular complexity index is 450. The zero-order valence-corrected chi connectivity index (χ0v) is 10.3. The Morgan fingerprint density at radius 2 is 2.00 bits per heavy atom. The van der Waals surface area contributed by atoms with Crippen LogP contribution in [0.15, 0.2) is 18.2 Å². The molecule has 0 saturated heterocycles. The van der Waals surface area contributed by atoms with Crippen molar-refractivity contribution >= 4 is 29.2 Å². The van der Waals surface area contributed by atoms with Crippen molar-refractivity contribution < 1.29 is 14.8 Å². The fourth-order valence-electron chi connectivity index (χ4n) is 1.46. The van der Waals surface area contributed by atoms with Gasteiger partial charge < -0.3 is 5.11 Å². The van der Waals surface area contributed by atoms with Gasteiger partial charge in [0.2, 0.25) is 0 Å². The van der Waals surface area contributed by atoms with E-state index in [2.05, 4.69) is 0 Å². The van der Waals surface area contributed by atoms with Gasteiger partial charge >= 0.3 is 12.0 Å². The van der Waals surface area contributed by atoms with Gasteiger partial charge in [-0.1, -0.05) is 36.2 Å². The van der Waals surface area contributed by atoms with E-state index >= 15 is 0 Å². The lowest BCUT2D eigenvalue weighted by molar-refractivity contribution is -0.513. The van der Waals surface area contributed by atoms with Crippen LogP contribution in [0, 0.1) is 10.1 Å². The second-order valence-corrected chi connectivity index (χ2v) is 4.35. The number of carbonyl (C=O) groups is 1. The molecule has 1 rings (SSSR count). The fraction of sp³-hybridized carbons (Fsp3) is 0.300. The first-order valence-electron chi connectivity index (χ1n) is 4.66. The number of carboxylic acids is 1. The Kier molecular flexibility index (Phi) is 4.31. The Balaban J connectivity index is 3.09. The molecule has 0 aromatic heterocycles. The molecule has 7 heteroatoms. The first kappa shape index (κ1) is 13.7. The highest BCUT2D eigenvalue weighted by Crippen LogP contribution is 2.28. The number of benzene rings is 1. The van der Waals surface area contributed by atoms with Crippen molar-refractivity contribution in [2.75, 3.05) is 0 Å². The molecule has 0 saturated carbocycles. The van der Waals surface area contributed by atoms with Crippen LogP contribution < -0.4 is 0 Å². The second kappa shape index (κ2) is 5.33. The van der Waals surface area contributed by atoms with Crippen molar-refractivity contribution in [3.63, 3.8) is 0 Å². The van der Waals surface area contributed by atoms with E-state index in [1.165, 1.54) is 25.1 Å². The average Bonchev–Trinajstić information content (AvgIpc) is 2.20. The van der Waals surface area contributed by atoms with Gasteiger partial charge in [0.1, 0.15) is 0 Å². The number of nitro groups is 1. The van der Waals surface area contributed by atoms with E-state index in [4.69, 9.17) is 28.3 Å². The highest BCUT2D eigenvalue weighted by Gasteiger charge is 2.36. The molecule has 5 nitrogen and oxygen atoms in total. The van der Waals surface area contributed by atoms with Crippen LogP contribution in [-0.4, -0.2) is 22.0 Å². The van der Waals surface area contributed by atoms with Gasteiger partial charge in [-0.25, -0.2) is 4.79 Å². The van der Waals surface area contributed by atoms with E-state index in [1.54, 1.807) is 0 Å². The fourth-order valence-corrected chi connectivity index (χ4v) is 1.77. The number of nitrogens with zero attached hydrogens (tertiary/aromatic N) is 1. The largest absolute Gasteiger partial charge is 0.476 e. The minimum absolute atomic E-state index is 0.239. The Labute approximate surface area is 107 Å². The number of hydrogen-bond donors (Lipinski definition) is 1. The van der Waals surface area contributed by atoms with Crippen LogP contribution >= 0.6 is 23.2 Å². The molecule has 17 heavy (non-hydrogen) atoms. The van der Waals surface area contributed by atoms with Crippen molar-refractivity contribution in [2.24, 2.45) is 0 Å². The van der Waals surface area contributed by atoms with Crippen LogP contribution in [0.4, 0.5) is 0 Å². The molecule has 0 radical (unpaired) electrons. The molecule has 1 aromatic rings. The molecule has 2 atom stereocenters. The van der Waals surface area contributed by atoms with E-state index < -0.39 is 22.9 Å². The summed E-state index contributed by atoms with van der Waals surface area (Å²) in [4.78, 5) is 20.7. The van der Waals surface area contributed by atoms with Crippen molar-refractivity contribution in [2.45, 2.75) is 18.9 Å². The Morgan fingerprint density at radius 1 is 1.41 bits per heavy atom. The van der Waals surface area contributed by atoms with E-state index in [0.29, 0.717) is 10.6 Å². The smallest absolute Gasteiger partial charge is 0.379 e. The van der Waals surface area contributed by atoms with Gasteiger partial charge in [0.15, 0.2) is 0 Å². The maximum absolute atomic E-state index is 10.8. The summed E-state index contributed by atoms with van der Waals surface area (Å²) in [5, 5.41) is 20.0. The lowest BCUT2D eigenvalue weighted by Gasteiger charge is -2.14. The molecular formula is C10H9Cl2NO4. The molecule has 0 bridgehead atoms. The highest BCUT2D eigenvalue weighted by molar-refractivity contribution is 6.42. The monoisotopic (exact) mass is 277 g/mol. The van der Waals surface area contributed by atoms with Crippen LogP contribution in [0.1, 0.15) is 18.4 Å². The molecular weight excluding hydrogens is 269 g/mol. The third kappa shape index (κ3) is 3.08. The van der Waals surface area contributed by atoms with Crippen LogP contribution in [0.2, 0.25) is 10.0 Å². The van der Waals surface area contributed by atoms with Gasteiger partial charge in [0, 0.05) is 4.92 Å². The number of rotatable bonds is 4. The van der Waals surface area contributed by atoms with E-state index in [1.807, 2.05) is 0 Å². The molecule has 0 amide bonds. The number of aliphatic carboxylic acids is 1. The van der Waals surface area contributed by atoms with Crippen molar-refractivity contribution in [1.82, 2.24) is 0 Å². The van der Waals surface area contributed by atoms with Crippen LogP contribution in [0.3, 0.4) is 0 Å². The normalized spacial score (nSPS) is 14.1. The van der Waals surface area contributed by atoms with Gasteiger partial charge in [-0.3, -0.25) is 10.1 Å². The highest BCUT2D eigenvalue weighted by atomic mass is 35.5. The third-order valence-corrected chi connectivity index (χ3v) is 3.16. The van der Waals surface area contributed by atoms with Crippen LogP contribution in [0.25, 0.3) is 0 Å². The molecule has 0 fully saturated rings. The maximum Gasteiger partial charge on any atom is 0.379 e. The standard InChI is InChI=1S/C10H9Cl2NO4/c1-5(9(10(14)15)13(16)17)6-2-3-7(11)8(12)4-6/h2-5,9H,1H3,(H,14,15). The molecule has 1 aromatic carbocycles. The number of hydrogen-bond acceptors (Lipinski definition) is 3. The van der Waals surface area contributed by atoms with Gasteiger partial charge in [-0.2, -0.15) is 0 Å². The maximum atomic E-state index is 10.8. The molecule has 92 valence electrons. The molecule has 0 aliphatic carbocycles.